The van der Waals surface area contributed by atoms with E-state index in [1.54, 1.807) is 7.05 Å². The number of nitrogens with one attached hydrogen (secondary N) is 2. The van der Waals surface area contributed by atoms with Crippen molar-refractivity contribution in [2.24, 2.45) is 14.1 Å². The zero-order valence-electron chi connectivity index (χ0n) is 13.3. The van der Waals surface area contributed by atoms with Gasteiger partial charge in [-0.3, -0.25) is 18.7 Å². The van der Waals surface area contributed by atoms with Gasteiger partial charge in [0.05, 0.1) is 5.56 Å². The monoisotopic (exact) mass is 324 g/mol. The molecule has 0 aliphatic carbocycles. The molecule has 4 rings (SSSR count). The average molecular weight is 324 g/mol. The summed E-state index contributed by atoms with van der Waals surface area (Å²) in [7, 11) is 3.00. The first-order chi connectivity index (χ1) is 11.5. The van der Waals surface area contributed by atoms with Gasteiger partial charge in [-0.1, -0.05) is 24.3 Å². The van der Waals surface area contributed by atoms with Gasteiger partial charge in [0.15, 0.2) is 0 Å². The predicted octanol–water partition coefficient (Wildman–Crippen LogP) is 1.04. The van der Waals surface area contributed by atoms with Crippen molar-refractivity contribution in [3.8, 4) is 0 Å². The fraction of sp³-hybridized carbons (Fsp3) is 0.235. The quantitative estimate of drug-likeness (QED) is 0.701. The summed E-state index contributed by atoms with van der Waals surface area (Å²) < 4.78 is 2.39. The van der Waals surface area contributed by atoms with Crippen LogP contribution < -0.4 is 16.6 Å². The molecule has 0 spiro atoms. The van der Waals surface area contributed by atoms with Crippen LogP contribution in [0.1, 0.15) is 23.6 Å². The Morgan fingerprint density at radius 1 is 1.08 bits per heavy atom. The lowest BCUT2D eigenvalue weighted by Crippen LogP contribution is -2.44. The number of amides is 1. The summed E-state index contributed by atoms with van der Waals surface area (Å²) >= 11 is 0. The van der Waals surface area contributed by atoms with Crippen LogP contribution in [-0.2, 0) is 18.9 Å². The molecule has 1 aliphatic rings. The van der Waals surface area contributed by atoms with Crippen LogP contribution in [0, 0.1) is 0 Å². The SMILES string of the molecule is Cn1c2c(c(=O)n(C)c1=O)C(c1[nH]cc3ccccc13)CC(=O)N2. The summed E-state index contributed by atoms with van der Waals surface area (Å²) in [6, 6.07) is 7.78. The van der Waals surface area contributed by atoms with Crippen molar-refractivity contribution in [1.82, 2.24) is 14.1 Å². The molecule has 0 saturated heterocycles. The van der Waals surface area contributed by atoms with Crippen molar-refractivity contribution in [3.63, 3.8) is 0 Å². The number of anilines is 1. The highest BCUT2D eigenvalue weighted by Crippen LogP contribution is 2.36. The van der Waals surface area contributed by atoms with Crippen LogP contribution in [0.3, 0.4) is 0 Å². The number of carbonyl (C=O) groups excluding carboxylic acids is 1. The van der Waals surface area contributed by atoms with Crippen molar-refractivity contribution >= 4 is 22.5 Å². The number of H-pyrrole nitrogens is 1. The van der Waals surface area contributed by atoms with Gasteiger partial charge in [-0.15, -0.1) is 0 Å². The minimum absolute atomic E-state index is 0.158. The lowest BCUT2D eigenvalue weighted by atomic mass is 9.88. The number of nitrogens with zero attached hydrogens (tertiary/aromatic N) is 2. The fourth-order valence-corrected chi connectivity index (χ4v) is 3.44. The Kier molecular flexibility index (Phi) is 2.99. The van der Waals surface area contributed by atoms with E-state index in [4.69, 9.17) is 0 Å². The molecule has 0 radical (unpaired) electrons. The fourth-order valence-electron chi connectivity index (χ4n) is 3.44. The van der Waals surface area contributed by atoms with E-state index in [1.807, 2.05) is 30.5 Å². The highest BCUT2D eigenvalue weighted by atomic mass is 16.2. The summed E-state index contributed by atoms with van der Waals surface area (Å²) in [4.78, 5) is 40.2. The third-order valence-corrected chi connectivity index (χ3v) is 4.68. The van der Waals surface area contributed by atoms with Crippen molar-refractivity contribution in [3.05, 3.63) is 62.6 Å². The van der Waals surface area contributed by atoms with E-state index in [2.05, 4.69) is 10.3 Å². The smallest absolute Gasteiger partial charge is 0.332 e. The Morgan fingerprint density at radius 2 is 1.83 bits per heavy atom. The number of hydrogen-bond acceptors (Lipinski definition) is 3. The van der Waals surface area contributed by atoms with Crippen LogP contribution >= 0.6 is 0 Å². The normalized spacial score (nSPS) is 16.9. The first-order valence-corrected chi connectivity index (χ1v) is 7.65. The molecule has 1 aliphatic heterocycles. The van der Waals surface area contributed by atoms with Crippen molar-refractivity contribution in [2.45, 2.75) is 12.3 Å². The zero-order chi connectivity index (χ0) is 17.0. The van der Waals surface area contributed by atoms with Crippen LogP contribution in [-0.4, -0.2) is 20.0 Å². The highest BCUT2D eigenvalue weighted by Gasteiger charge is 2.33. The van der Waals surface area contributed by atoms with Gasteiger partial charge in [0.1, 0.15) is 5.82 Å². The lowest BCUT2D eigenvalue weighted by Gasteiger charge is -2.26. The number of hydrogen-bond donors (Lipinski definition) is 2. The van der Waals surface area contributed by atoms with Gasteiger partial charge in [-0.2, -0.15) is 0 Å². The predicted molar refractivity (Wildman–Crippen MR) is 90.3 cm³/mol. The number of aromatic amines is 1. The number of benzene rings is 1. The van der Waals surface area contributed by atoms with Crippen LogP contribution in [0.2, 0.25) is 0 Å². The van der Waals surface area contributed by atoms with Crippen LogP contribution in [0.15, 0.2) is 40.1 Å². The van der Waals surface area contributed by atoms with E-state index in [0.29, 0.717) is 5.56 Å². The van der Waals surface area contributed by atoms with Gasteiger partial charge in [-0.25, -0.2) is 4.79 Å². The molecular weight excluding hydrogens is 308 g/mol. The van der Waals surface area contributed by atoms with E-state index < -0.39 is 11.6 Å². The molecular formula is C17H16N4O3. The molecule has 1 atom stereocenters. The van der Waals surface area contributed by atoms with Gasteiger partial charge >= 0.3 is 5.69 Å². The van der Waals surface area contributed by atoms with Gasteiger partial charge in [0.25, 0.3) is 5.56 Å². The molecule has 122 valence electrons. The Balaban J connectivity index is 2.05. The minimum Gasteiger partial charge on any atom is -0.363 e. The average Bonchev–Trinajstić information content (AvgIpc) is 3.01. The molecule has 1 aromatic carbocycles. The number of aromatic nitrogens is 3. The molecule has 7 nitrogen and oxygen atoms in total. The minimum atomic E-state index is -0.462. The molecule has 2 N–H and O–H groups in total. The van der Waals surface area contributed by atoms with Crippen LogP contribution in [0.25, 0.3) is 10.8 Å². The second kappa shape index (κ2) is 4.95. The molecule has 0 fully saturated rings. The van der Waals surface area contributed by atoms with E-state index in [9.17, 15) is 14.4 Å². The standard InChI is InChI=1S/C17H16N4O3/c1-20-15-13(16(23)21(2)17(20)24)11(7-12(22)19-15)14-10-6-4-3-5-9(10)8-18-14/h3-6,8,11,18H,7H2,1-2H3,(H,19,22). The summed E-state index contributed by atoms with van der Waals surface area (Å²) in [6.07, 6.45) is 2.02. The molecule has 3 heterocycles. The summed E-state index contributed by atoms with van der Waals surface area (Å²) in [5.41, 5.74) is 0.414. The molecule has 1 unspecified atom stereocenters. The third kappa shape index (κ3) is 1.87. The Morgan fingerprint density at radius 3 is 2.62 bits per heavy atom. The van der Waals surface area contributed by atoms with Crippen molar-refractivity contribution in [2.75, 3.05) is 5.32 Å². The molecule has 0 bridgehead atoms. The largest absolute Gasteiger partial charge is 0.363 e. The second-order valence-electron chi connectivity index (χ2n) is 6.06. The van der Waals surface area contributed by atoms with Gasteiger partial charge in [0, 0.05) is 43.7 Å². The Bertz CT molecular complexity index is 1100. The third-order valence-electron chi connectivity index (χ3n) is 4.68. The topological polar surface area (TPSA) is 88.9 Å². The number of fused-ring (bicyclic) bond motifs is 2. The van der Waals surface area contributed by atoms with Gasteiger partial charge in [0.2, 0.25) is 5.91 Å². The van der Waals surface area contributed by atoms with Crippen molar-refractivity contribution < 1.29 is 4.79 Å². The molecule has 24 heavy (non-hydrogen) atoms. The van der Waals surface area contributed by atoms with Crippen molar-refractivity contribution in [1.29, 1.82) is 0 Å². The maximum atomic E-state index is 12.7. The van der Waals surface area contributed by atoms with Gasteiger partial charge < -0.3 is 10.3 Å². The molecule has 3 aromatic rings. The molecule has 1 amide bonds. The van der Waals surface area contributed by atoms with E-state index in [0.717, 1.165) is 21.0 Å². The summed E-state index contributed by atoms with van der Waals surface area (Å²) in [5.74, 6) is -0.350. The maximum absolute atomic E-state index is 12.7. The molecule has 7 heteroatoms. The summed E-state index contributed by atoms with van der Waals surface area (Å²) in [6.45, 7) is 0. The number of rotatable bonds is 1. The second-order valence-corrected chi connectivity index (χ2v) is 6.06. The highest BCUT2D eigenvalue weighted by molar-refractivity contribution is 5.95. The molecule has 2 aromatic heterocycles. The maximum Gasteiger partial charge on any atom is 0.332 e. The Labute approximate surface area is 136 Å². The van der Waals surface area contributed by atoms with Crippen LogP contribution in [0.4, 0.5) is 5.82 Å². The first-order valence-electron chi connectivity index (χ1n) is 7.65. The summed E-state index contributed by atoms with van der Waals surface area (Å²) in [5, 5.41) is 4.66. The lowest BCUT2D eigenvalue weighted by molar-refractivity contribution is -0.116. The van der Waals surface area contributed by atoms with E-state index >= 15 is 0 Å². The van der Waals surface area contributed by atoms with Gasteiger partial charge in [-0.05, 0) is 5.39 Å². The molecule has 0 saturated carbocycles. The first kappa shape index (κ1) is 14.5. The van der Waals surface area contributed by atoms with Crippen LogP contribution in [0.5, 0.6) is 0 Å². The van der Waals surface area contributed by atoms with E-state index in [-0.39, 0.29) is 23.7 Å². The zero-order valence-corrected chi connectivity index (χ0v) is 13.3. The van der Waals surface area contributed by atoms with E-state index in [1.165, 1.54) is 11.6 Å². The Hall–Kier alpha value is -3.09. The number of carbonyl (C=O) groups is 1.